The van der Waals surface area contributed by atoms with Crippen LogP contribution in [-0.4, -0.2) is 27.7 Å². The van der Waals surface area contributed by atoms with Gasteiger partial charge in [-0.2, -0.15) is 4.52 Å². The van der Waals surface area contributed by atoms with Crippen molar-refractivity contribution in [1.82, 2.24) is 14.6 Å². The van der Waals surface area contributed by atoms with Crippen LogP contribution in [0.2, 0.25) is 0 Å². The van der Waals surface area contributed by atoms with E-state index in [-0.39, 0.29) is 11.4 Å². The average molecular weight is 342 g/mol. The Morgan fingerprint density at radius 1 is 1.29 bits per heavy atom. The van der Waals surface area contributed by atoms with Gasteiger partial charge in [-0.3, -0.25) is 4.79 Å². The van der Waals surface area contributed by atoms with Gasteiger partial charge in [-0.05, 0) is 29.7 Å². The molecular formula is C17H15FN4OS. The molecule has 1 aromatic carbocycles. The normalized spacial score (nSPS) is 14.4. The molecule has 0 spiro atoms. The number of aromatic nitrogens is 3. The first-order chi connectivity index (χ1) is 11.6. The molecule has 0 N–H and O–H groups in total. The molecule has 0 saturated heterocycles. The number of rotatable bonds is 3. The lowest BCUT2D eigenvalue weighted by atomic mass is 10.1. The van der Waals surface area contributed by atoms with Crippen molar-refractivity contribution in [2.45, 2.75) is 13.3 Å². The summed E-state index contributed by atoms with van der Waals surface area (Å²) in [5, 5.41) is 5.17. The lowest BCUT2D eigenvalue weighted by molar-refractivity contribution is 0.627. The maximum Gasteiger partial charge on any atom is 0.275 e. The first-order valence-electron chi connectivity index (χ1n) is 7.74. The molecule has 0 bridgehead atoms. The van der Waals surface area contributed by atoms with Crippen LogP contribution >= 0.6 is 11.3 Å². The van der Waals surface area contributed by atoms with Crippen LogP contribution in [0.4, 0.5) is 9.52 Å². The van der Waals surface area contributed by atoms with Crippen molar-refractivity contribution in [2.24, 2.45) is 0 Å². The summed E-state index contributed by atoms with van der Waals surface area (Å²) in [6.07, 6.45) is 2.83. The van der Waals surface area contributed by atoms with E-state index in [4.69, 9.17) is 0 Å². The molecule has 0 atom stereocenters. The van der Waals surface area contributed by atoms with Gasteiger partial charge in [-0.25, -0.2) is 9.37 Å². The second kappa shape index (κ2) is 5.83. The van der Waals surface area contributed by atoms with Gasteiger partial charge in [0.25, 0.3) is 5.56 Å². The van der Waals surface area contributed by atoms with Crippen molar-refractivity contribution in [2.75, 3.05) is 18.0 Å². The van der Waals surface area contributed by atoms with Crippen LogP contribution < -0.4 is 10.5 Å². The first-order valence-corrected chi connectivity index (χ1v) is 8.55. The molecule has 1 aliphatic rings. The molecule has 4 rings (SSSR count). The van der Waals surface area contributed by atoms with Crippen LogP contribution in [0.5, 0.6) is 0 Å². The van der Waals surface area contributed by atoms with E-state index < -0.39 is 0 Å². The number of benzene rings is 1. The highest BCUT2D eigenvalue weighted by molar-refractivity contribution is 7.20. The first kappa shape index (κ1) is 15.0. The molecule has 5 nitrogen and oxygen atoms in total. The van der Waals surface area contributed by atoms with Gasteiger partial charge in [0.1, 0.15) is 5.82 Å². The molecule has 122 valence electrons. The van der Waals surface area contributed by atoms with Crippen molar-refractivity contribution in [1.29, 1.82) is 0 Å². The van der Waals surface area contributed by atoms with Gasteiger partial charge < -0.3 is 4.90 Å². The van der Waals surface area contributed by atoms with Crippen LogP contribution in [0.3, 0.4) is 0 Å². The minimum Gasteiger partial charge on any atom is -0.339 e. The predicted molar refractivity (Wildman–Crippen MR) is 93.1 cm³/mol. The summed E-state index contributed by atoms with van der Waals surface area (Å²) in [7, 11) is 0. The maximum atomic E-state index is 13.1. The molecule has 0 fully saturated rings. The minimum absolute atomic E-state index is 0.148. The fraction of sp³-hybridized carbons (Fsp3) is 0.235. The van der Waals surface area contributed by atoms with Gasteiger partial charge in [-0.15, -0.1) is 5.10 Å². The quantitative estimate of drug-likeness (QED) is 0.734. The fourth-order valence-electron chi connectivity index (χ4n) is 2.73. The second-order valence-corrected chi connectivity index (χ2v) is 6.57. The number of aryl methyl sites for hydroxylation is 1. The third-order valence-electron chi connectivity index (χ3n) is 4.05. The van der Waals surface area contributed by atoms with Gasteiger partial charge in [0.05, 0.1) is 0 Å². The van der Waals surface area contributed by atoms with Gasteiger partial charge in [0.2, 0.25) is 10.1 Å². The summed E-state index contributed by atoms with van der Waals surface area (Å²) in [6, 6.07) is 8.02. The Kier molecular flexibility index (Phi) is 3.65. The predicted octanol–water partition coefficient (Wildman–Crippen LogP) is 2.76. The molecule has 0 saturated carbocycles. The zero-order chi connectivity index (χ0) is 16.7. The SMILES string of the molecule is CCc1cc(=O)n2nc(N3CC=C(c4ccc(F)cc4)C3)sc2n1. The standard InChI is InChI=1S/C17H15FN4OS/c1-2-14-9-15(23)22-16(19-14)24-17(20-22)21-8-7-12(10-21)11-3-5-13(18)6-4-11/h3-7,9H,2,8,10H2,1H3. The van der Waals surface area contributed by atoms with Crippen LogP contribution in [0.1, 0.15) is 18.2 Å². The summed E-state index contributed by atoms with van der Waals surface area (Å²) < 4.78 is 14.4. The lowest BCUT2D eigenvalue weighted by Gasteiger charge is -2.13. The van der Waals surface area contributed by atoms with E-state index in [0.717, 1.165) is 28.4 Å². The number of halogens is 1. The molecular weight excluding hydrogens is 327 g/mol. The molecule has 2 aromatic heterocycles. The van der Waals surface area contributed by atoms with E-state index in [9.17, 15) is 9.18 Å². The topological polar surface area (TPSA) is 50.5 Å². The number of hydrogen-bond donors (Lipinski definition) is 0. The highest BCUT2D eigenvalue weighted by atomic mass is 32.1. The van der Waals surface area contributed by atoms with Crippen LogP contribution in [0, 0.1) is 5.82 Å². The highest BCUT2D eigenvalue weighted by Gasteiger charge is 2.20. The van der Waals surface area contributed by atoms with E-state index in [1.54, 1.807) is 12.1 Å². The molecule has 24 heavy (non-hydrogen) atoms. The van der Waals surface area contributed by atoms with Gasteiger partial charge >= 0.3 is 0 Å². The number of hydrogen-bond acceptors (Lipinski definition) is 5. The minimum atomic E-state index is -0.238. The molecule has 0 amide bonds. The Morgan fingerprint density at radius 3 is 2.83 bits per heavy atom. The van der Waals surface area contributed by atoms with Gasteiger partial charge in [-0.1, -0.05) is 36.5 Å². The fourth-order valence-corrected chi connectivity index (χ4v) is 3.66. The molecule has 7 heteroatoms. The second-order valence-electron chi connectivity index (χ2n) is 5.64. The van der Waals surface area contributed by atoms with Crippen molar-refractivity contribution in [3.8, 4) is 0 Å². The molecule has 0 radical (unpaired) electrons. The number of nitrogens with zero attached hydrogens (tertiary/aromatic N) is 4. The Bertz CT molecular complexity index is 990. The molecule has 0 aliphatic carbocycles. The summed E-state index contributed by atoms with van der Waals surface area (Å²) in [5.74, 6) is -0.238. The van der Waals surface area contributed by atoms with E-state index in [1.165, 1.54) is 34.1 Å². The smallest absolute Gasteiger partial charge is 0.275 e. The zero-order valence-electron chi connectivity index (χ0n) is 13.1. The molecule has 0 unspecified atom stereocenters. The largest absolute Gasteiger partial charge is 0.339 e. The van der Waals surface area contributed by atoms with Crippen LogP contribution in [0.15, 0.2) is 41.2 Å². The third kappa shape index (κ3) is 2.60. The Morgan fingerprint density at radius 2 is 2.08 bits per heavy atom. The van der Waals surface area contributed by atoms with Gasteiger partial charge in [0, 0.05) is 24.8 Å². The molecule has 3 heterocycles. The Balaban J connectivity index is 1.62. The van der Waals surface area contributed by atoms with E-state index in [1.807, 2.05) is 6.92 Å². The summed E-state index contributed by atoms with van der Waals surface area (Å²) in [6.45, 7) is 3.36. The van der Waals surface area contributed by atoms with E-state index in [2.05, 4.69) is 21.1 Å². The van der Waals surface area contributed by atoms with Crippen molar-refractivity contribution in [3.05, 3.63) is 63.8 Å². The Labute approximate surface area is 141 Å². The van der Waals surface area contributed by atoms with Crippen LogP contribution in [0.25, 0.3) is 10.5 Å². The summed E-state index contributed by atoms with van der Waals surface area (Å²) >= 11 is 1.41. The zero-order valence-corrected chi connectivity index (χ0v) is 13.9. The number of fused-ring (bicyclic) bond motifs is 1. The van der Waals surface area contributed by atoms with E-state index >= 15 is 0 Å². The summed E-state index contributed by atoms with van der Waals surface area (Å²) in [4.78, 5) is 19.3. The molecule has 3 aromatic rings. The average Bonchev–Trinajstić information content (AvgIpc) is 3.22. The Hall–Kier alpha value is -2.54. The van der Waals surface area contributed by atoms with Crippen molar-refractivity contribution < 1.29 is 4.39 Å². The number of anilines is 1. The highest BCUT2D eigenvalue weighted by Crippen LogP contribution is 2.28. The van der Waals surface area contributed by atoms with E-state index in [0.29, 0.717) is 18.1 Å². The van der Waals surface area contributed by atoms with Crippen LogP contribution in [-0.2, 0) is 6.42 Å². The van der Waals surface area contributed by atoms with Gasteiger partial charge in [0.15, 0.2) is 0 Å². The third-order valence-corrected chi connectivity index (χ3v) is 5.02. The monoisotopic (exact) mass is 342 g/mol. The molecule has 1 aliphatic heterocycles. The van der Waals surface area contributed by atoms with Crippen molar-refractivity contribution in [3.63, 3.8) is 0 Å². The lowest BCUT2D eigenvalue weighted by Crippen LogP contribution is -2.21. The maximum absolute atomic E-state index is 13.1. The van der Waals surface area contributed by atoms with Crippen molar-refractivity contribution >= 4 is 27.0 Å². The summed E-state index contributed by atoms with van der Waals surface area (Å²) in [5.41, 5.74) is 2.76.